The first kappa shape index (κ1) is 15.8. The van der Waals surface area contributed by atoms with E-state index in [2.05, 4.69) is 4.98 Å². The molecule has 0 fully saturated rings. The molecule has 1 amide bonds. The molecule has 128 valence electrons. The maximum absolute atomic E-state index is 14.1. The van der Waals surface area contributed by atoms with Crippen LogP contribution < -0.4 is 0 Å². The van der Waals surface area contributed by atoms with Gasteiger partial charge in [0, 0.05) is 31.4 Å². The number of aromatic nitrogens is 2. The Kier molecular flexibility index (Phi) is 3.77. The van der Waals surface area contributed by atoms with E-state index in [9.17, 15) is 14.3 Å². The first-order chi connectivity index (χ1) is 12.1. The first-order valence-corrected chi connectivity index (χ1v) is 8.25. The maximum atomic E-state index is 14.1. The van der Waals surface area contributed by atoms with Crippen LogP contribution in [0.25, 0.3) is 22.2 Å². The molecular formula is C19H18FN3O2. The Bertz CT molecular complexity index is 980. The zero-order valence-electron chi connectivity index (χ0n) is 13.9. The van der Waals surface area contributed by atoms with Gasteiger partial charge in [0.05, 0.1) is 17.6 Å². The zero-order chi connectivity index (χ0) is 17.6. The number of nitrogens with zero attached hydrogens (tertiary/aromatic N) is 3. The second-order valence-corrected chi connectivity index (χ2v) is 6.23. The molecule has 0 saturated heterocycles. The molecule has 6 heteroatoms. The molecule has 1 aliphatic rings. The van der Waals surface area contributed by atoms with Crippen LogP contribution in [0.2, 0.25) is 0 Å². The van der Waals surface area contributed by atoms with Gasteiger partial charge >= 0.3 is 0 Å². The number of hydrogen-bond donors (Lipinski definition) is 1. The van der Waals surface area contributed by atoms with Crippen molar-refractivity contribution in [3.8, 4) is 11.1 Å². The average Bonchev–Trinajstić information content (AvgIpc) is 2.95. The fourth-order valence-electron chi connectivity index (χ4n) is 3.46. The van der Waals surface area contributed by atoms with Gasteiger partial charge in [0.2, 0.25) is 0 Å². The Hall–Kier alpha value is -2.73. The number of aryl methyl sites for hydroxylation is 1. The molecule has 1 aromatic carbocycles. The van der Waals surface area contributed by atoms with E-state index in [1.165, 1.54) is 6.07 Å². The molecule has 4 rings (SSSR count). The highest BCUT2D eigenvalue weighted by molar-refractivity contribution is 6.09. The Morgan fingerprint density at radius 2 is 2.12 bits per heavy atom. The number of β-amino-alcohol motifs (C(OH)–C–C–N with tert-alkyl or cyclic N) is 1. The summed E-state index contributed by atoms with van der Waals surface area (Å²) in [7, 11) is 0. The minimum Gasteiger partial charge on any atom is -0.395 e. The molecule has 5 nitrogen and oxygen atoms in total. The van der Waals surface area contributed by atoms with Gasteiger partial charge in [-0.1, -0.05) is 12.1 Å². The predicted octanol–water partition coefficient (Wildman–Crippen LogP) is 2.60. The van der Waals surface area contributed by atoms with Gasteiger partial charge in [-0.25, -0.2) is 4.39 Å². The number of hydrogen-bond acceptors (Lipinski definition) is 3. The molecule has 0 aliphatic carbocycles. The molecule has 0 atom stereocenters. The van der Waals surface area contributed by atoms with Crippen molar-refractivity contribution in [3.05, 3.63) is 53.6 Å². The van der Waals surface area contributed by atoms with Crippen LogP contribution in [0.1, 0.15) is 16.1 Å². The third-order valence-corrected chi connectivity index (χ3v) is 4.73. The average molecular weight is 339 g/mol. The lowest BCUT2D eigenvalue weighted by Gasteiger charge is -2.28. The maximum Gasteiger partial charge on any atom is 0.271 e. The number of carbonyl (C=O) groups is 1. The Balaban J connectivity index is 2.00. The van der Waals surface area contributed by atoms with Gasteiger partial charge in [0.1, 0.15) is 11.5 Å². The summed E-state index contributed by atoms with van der Waals surface area (Å²) in [6.07, 6.45) is 1.68. The van der Waals surface area contributed by atoms with Crippen LogP contribution >= 0.6 is 0 Å². The lowest BCUT2D eigenvalue weighted by Crippen LogP contribution is -2.41. The second kappa shape index (κ2) is 5.97. The van der Waals surface area contributed by atoms with E-state index in [0.717, 1.165) is 5.52 Å². The fraction of sp³-hybridized carbons (Fsp3) is 0.263. The standard InChI is InChI=1S/C19H18FN3O2/c1-12-4-5-13(11-14(12)20)16-17-15(3-2-6-21-17)23-8-7-22(9-10-24)19(25)18(16)23/h2-6,11,24H,7-10H2,1H3. The summed E-state index contributed by atoms with van der Waals surface area (Å²) in [5, 5.41) is 9.21. The summed E-state index contributed by atoms with van der Waals surface area (Å²) in [4.78, 5) is 19.1. The van der Waals surface area contributed by atoms with Crippen LogP contribution in [-0.4, -0.2) is 45.2 Å². The predicted molar refractivity (Wildman–Crippen MR) is 92.9 cm³/mol. The Labute approximate surface area is 144 Å². The summed E-state index contributed by atoms with van der Waals surface area (Å²) in [5.41, 5.74) is 3.92. The summed E-state index contributed by atoms with van der Waals surface area (Å²) >= 11 is 0. The van der Waals surface area contributed by atoms with Gasteiger partial charge < -0.3 is 14.6 Å². The molecular weight excluding hydrogens is 321 g/mol. The molecule has 0 saturated carbocycles. The van der Waals surface area contributed by atoms with Crippen molar-refractivity contribution in [2.45, 2.75) is 13.5 Å². The monoisotopic (exact) mass is 339 g/mol. The van der Waals surface area contributed by atoms with Crippen LogP contribution in [0.15, 0.2) is 36.5 Å². The summed E-state index contributed by atoms with van der Waals surface area (Å²) in [6, 6.07) is 8.75. The third kappa shape index (κ3) is 2.41. The van der Waals surface area contributed by atoms with Crippen molar-refractivity contribution in [1.82, 2.24) is 14.5 Å². The third-order valence-electron chi connectivity index (χ3n) is 4.73. The smallest absolute Gasteiger partial charge is 0.271 e. The van der Waals surface area contributed by atoms with Crippen LogP contribution in [0.3, 0.4) is 0 Å². The number of halogens is 1. The van der Waals surface area contributed by atoms with E-state index in [1.54, 1.807) is 24.1 Å². The number of fused-ring (bicyclic) bond motifs is 3. The SMILES string of the molecule is Cc1ccc(-c2c3n(c4cccnc24)CCN(CCO)C3=O)cc1F. The molecule has 3 heterocycles. The lowest BCUT2D eigenvalue weighted by molar-refractivity contribution is 0.0672. The van der Waals surface area contributed by atoms with Crippen molar-refractivity contribution < 1.29 is 14.3 Å². The first-order valence-electron chi connectivity index (χ1n) is 8.25. The normalized spacial score (nSPS) is 14.2. The number of amides is 1. The summed E-state index contributed by atoms with van der Waals surface area (Å²) in [5.74, 6) is -0.466. The van der Waals surface area contributed by atoms with Crippen molar-refractivity contribution in [3.63, 3.8) is 0 Å². The molecule has 25 heavy (non-hydrogen) atoms. The van der Waals surface area contributed by atoms with E-state index in [0.29, 0.717) is 41.0 Å². The highest BCUT2D eigenvalue weighted by atomic mass is 19.1. The molecule has 0 spiro atoms. The number of carbonyl (C=O) groups excluding carboxylic acids is 1. The van der Waals surface area contributed by atoms with E-state index in [4.69, 9.17) is 0 Å². The van der Waals surface area contributed by atoms with Crippen molar-refractivity contribution >= 4 is 16.9 Å². The molecule has 0 radical (unpaired) electrons. The molecule has 0 unspecified atom stereocenters. The van der Waals surface area contributed by atoms with Crippen LogP contribution in [0, 0.1) is 12.7 Å². The summed E-state index contributed by atoms with van der Waals surface area (Å²) in [6.45, 7) is 3.07. The lowest BCUT2D eigenvalue weighted by atomic mass is 10.0. The van der Waals surface area contributed by atoms with Gasteiger partial charge in [0.25, 0.3) is 5.91 Å². The molecule has 2 aromatic heterocycles. The minimum atomic E-state index is -0.308. The number of rotatable bonds is 3. The van der Waals surface area contributed by atoms with Crippen molar-refractivity contribution in [2.24, 2.45) is 0 Å². The van der Waals surface area contributed by atoms with Gasteiger partial charge in [-0.05, 0) is 36.2 Å². The van der Waals surface area contributed by atoms with Crippen LogP contribution in [0.5, 0.6) is 0 Å². The molecule has 3 aromatic rings. The number of aliphatic hydroxyl groups is 1. The highest BCUT2D eigenvalue weighted by Crippen LogP contribution is 2.36. The van der Waals surface area contributed by atoms with Crippen molar-refractivity contribution in [1.29, 1.82) is 0 Å². The van der Waals surface area contributed by atoms with Gasteiger partial charge in [0.15, 0.2) is 0 Å². The topological polar surface area (TPSA) is 58.4 Å². The van der Waals surface area contributed by atoms with E-state index in [1.807, 2.05) is 22.8 Å². The Morgan fingerprint density at radius 1 is 1.28 bits per heavy atom. The fourth-order valence-corrected chi connectivity index (χ4v) is 3.46. The largest absolute Gasteiger partial charge is 0.395 e. The van der Waals surface area contributed by atoms with Crippen molar-refractivity contribution in [2.75, 3.05) is 19.7 Å². The zero-order valence-corrected chi connectivity index (χ0v) is 13.9. The number of benzene rings is 1. The van der Waals surface area contributed by atoms with Crippen LogP contribution in [-0.2, 0) is 6.54 Å². The van der Waals surface area contributed by atoms with Crippen LogP contribution in [0.4, 0.5) is 4.39 Å². The number of aliphatic hydroxyl groups excluding tert-OH is 1. The number of pyridine rings is 1. The van der Waals surface area contributed by atoms with E-state index >= 15 is 0 Å². The van der Waals surface area contributed by atoms with E-state index in [-0.39, 0.29) is 24.9 Å². The van der Waals surface area contributed by atoms with Gasteiger partial charge in [-0.15, -0.1) is 0 Å². The van der Waals surface area contributed by atoms with E-state index < -0.39 is 0 Å². The highest BCUT2D eigenvalue weighted by Gasteiger charge is 2.31. The second-order valence-electron chi connectivity index (χ2n) is 6.23. The minimum absolute atomic E-state index is 0.0846. The quantitative estimate of drug-likeness (QED) is 0.798. The molecule has 0 bridgehead atoms. The molecule has 1 aliphatic heterocycles. The summed E-state index contributed by atoms with van der Waals surface area (Å²) < 4.78 is 16.1. The van der Waals surface area contributed by atoms with Gasteiger partial charge in [-0.2, -0.15) is 0 Å². The molecule has 1 N–H and O–H groups in total. The Morgan fingerprint density at radius 3 is 2.88 bits per heavy atom. The van der Waals surface area contributed by atoms with Gasteiger partial charge in [-0.3, -0.25) is 9.78 Å².